The van der Waals surface area contributed by atoms with Crippen LogP contribution in [0.4, 0.5) is 5.69 Å². The number of anilines is 1. The number of unbranched alkanes of at least 4 members (excludes halogenated alkanes) is 1. The largest absolute Gasteiger partial charge is 0.421 e. The fourth-order valence-corrected chi connectivity index (χ4v) is 1.95. The highest BCUT2D eigenvalue weighted by molar-refractivity contribution is 9.10. The second-order valence-electron chi connectivity index (χ2n) is 3.91. The maximum Gasteiger partial charge on any atom is 0.359 e. The standard InChI is InChI=1S/C13H14BrNO2/c1-2-3-6-15-11-7-9-4-5-10(14)8-12(9)17-13(11)16/h4-5,7-8,15H,2-3,6H2,1H3. The zero-order valence-electron chi connectivity index (χ0n) is 9.63. The van der Waals surface area contributed by atoms with E-state index in [1.54, 1.807) is 6.07 Å². The smallest absolute Gasteiger partial charge is 0.359 e. The Labute approximate surface area is 108 Å². The SMILES string of the molecule is CCCCNc1cc2ccc(Br)cc2oc1=O. The molecule has 0 radical (unpaired) electrons. The summed E-state index contributed by atoms with van der Waals surface area (Å²) >= 11 is 3.35. The van der Waals surface area contributed by atoms with Gasteiger partial charge in [0, 0.05) is 16.4 Å². The lowest BCUT2D eigenvalue weighted by molar-refractivity contribution is 0.562. The molecule has 0 atom stereocenters. The van der Waals surface area contributed by atoms with Crippen molar-refractivity contribution in [3.63, 3.8) is 0 Å². The summed E-state index contributed by atoms with van der Waals surface area (Å²) in [7, 11) is 0. The van der Waals surface area contributed by atoms with Crippen LogP contribution in [-0.4, -0.2) is 6.54 Å². The summed E-state index contributed by atoms with van der Waals surface area (Å²) in [5.41, 5.74) is 0.824. The molecule has 0 spiro atoms. The molecule has 0 saturated carbocycles. The van der Waals surface area contributed by atoms with Crippen molar-refractivity contribution in [1.29, 1.82) is 0 Å². The van der Waals surface area contributed by atoms with E-state index in [4.69, 9.17) is 4.42 Å². The molecule has 3 nitrogen and oxygen atoms in total. The Bertz CT molecular complexity index is 577. The van der Waals surface area contributed by atoms with E-state index in [0.29, 0.717) is 11.3 Å². The van der Waals surface area contributed by atoms with Gasteiger partial charge < -0.3 is 9.73 Å². The number of hydrogen-bond acceptors (Lipinski definition) is 3. The van der Waals surface area contributed by atoms with E-state index < -0.39 is 0 Å². The van der Waals surface area contributed by atoms with E-state index in [9.17, 15) is 4.79 Å². The third kappa shape index (κ3) is 2.88. The number of hydrogen-bond donors (Lipinski definition) is 1. The van der Waals surface area contributed by atoms with Crippen LogP contribution in [0.5, 0.6) is 0 Å². The molecule has 0 amide bonds. The predicted molar refractivity (Wildman–Crippen MR) is 73.6 cm³/mol. The van der Waals surface area contributed by atoms with Gasteiger partial charge >= 0.3 is 5.63 Å². The molecular formula is C13H14BrNO2. The molecular weight excluding hydrogens is 282 g/mol. The third-order valence-corrected chi connectivity index (χ3v) is 3.04. The number of rotatable bonds is 4. The van der Waals surface area contributed by atoms with Crippen LogP contribution in [0.25, 0.3) is 11.0 Å². The molecule has 90 valence electrons. The van der Waals surface area contributed by atoms with Gasteiger partial charge in [-0.15, -0.1) is 0 Å². The summed E-state index contributed by atoms with van der Waals surface area (Å²) in [4.78, 5) is 11.7. The highest BCUT2D eigenvalue weighted by Gasteiger charge is 2.04. The maximum atomic E-state index is 11.7. The van der Waals surface area contributed by atoms with Gasteiger partial charge in [-0.2, -0.15) is 0 Å². The predicted octanol–water partition coefficient (Wildman–Crippen LogP) is 3.77. The van der Waals surface area contributed by atoms with Crippen LogP contribution in [-0.2, 0) is 0 Å². The van der Waals surface area contributed by atoms with Crippen LogP contribution in [0.1, 0.15) is 19.8 Å². The summed E-state index contributed by atoms with van der Waals surface area (Å²) in [6.45, 7) is 2.91. The van der Waals surface area contributed by atoms with Crippen molar-refractivity contribution in [3.8, 4) is 0 Å². The highest BCUT2D eigenvalue weighted by Crippen LogP contribution is 2.20. The summed E-state index contributed by atoms with van der Waals surface area (Å²) < 4.78 is 6.16. The Hall–Kier alpha value is -1.29. The molecule has 0 aliphatic rings. The first-order chi connectivity index (χ1) is 8.20. The fraction of sp³-hybridized carbons (Fsp3) is 0.308. The van der Waals surface area contributed by atoms with Gasteiger partial charge in [-0.25, -0.2) is 4.79 Å². The lowest BCUT2D eigenvalue weighted by Crippen LogP contribution is -2.11. The normalized spacial score (nSPS) is 10.7. The lowest BCUT2D eigenvalue weighted by atomic mass is 10.2. The topological polar surface area (TPSA) is 42.2 Å². The quantitative estimate of drug-likeness (QED) is 0.690. The molecule has 4 heteroatoms. The zero-order valence-corrected chi connectivity index (χ0v) is 11.2. The molecule has 0 fully saturated rings. The summed E-state index contributed by atoms with van der Waals surface area (Å²) in [5.74, 6) is 0. The minimum absolute atomic E-state index is 0.313. The average Bonchev–Trinajstić information content (AvgIpc) is 2.30. The van der Waals surface area contributed by atoms with Gasteiger partial charge in [0.2, 0.25) is 0 Å². The zero-order chi connectivity index (χ0) is 12.3. The molecule has 1 N–H and O–H groups in total. The van der Waals surface area contributed by atoms with Crippen molar-refractivity contribution in [2.45, 2.75) is 19.8 Å². The minimum atomic E-state index is -0.313. The molecule has 1 heterocycles. The number of halogens is 1. The Morgan fingerprint density at radius 2 is 2.18 bits per heavy atom. The Kier molecular flexibility index (Phi) is 3.84. The van der Waals surface area contributed by atoms with Crippen LogP contribution >= 0.6 is 15.9 Å². The molecule has 0 bridgehead atoms. The first-order valence-electron chi connectivity index (χ1n) is 5.68. The third-order valence-electron chi connectivity index (χ3n) is 2.54. The Morgan fingerprint density at radius 3 is 2.94 bits per heavy atom. The molecule has 0 unspecified atom stereocenters. The number of benzene rings is 1. The first-order valence-corrected chi connectivity index (χ1v) is 6.47. The summed E-state index contributed by atoms with van der Waals surface area (Å²) in [6.07, 6.45) is 2.14. The lowest BCUT2D eigenvalue weighted by Gasteiger charge is -2.05. The van der Waals surface area contributed by atoms with Gasteiger partial charge in [-0.05, 0) is 24.6 Å². The van der Waals surface area contributed by atoms with Crippen molar-refractivity contribution in [2.75, 3.05) is 11.9 Å². The van der Waals surface area contributed by atoms with Crippen molar-refractivity contribution >= 4 is 32.6 Å². The molecule has 2 aromatic rings. The average molecular weight is 296 g/mol. The van der Waals surface area contributed by atoms with Crippen LogP contribution in [0.3, 0.4) is 0 Å². The molecule has 0 aliphatic heterocycles. The molecule has 0 saturated heterocycles. The van der Waals surface area contributed by atoms with E-state index in [0.717, 1.165) is 29.2 Å². The van der Waals surface area contributed by atoms with Gasteiger partial charge in [0.25, 0.3) is 0 Å². The molecule has 2 rings (SSSR count). The second kappa shape index (κ2) is 5.36. The van der Waals surface area contributed by atoms with Crippen LogP contribution in [0, 0.1) is 0 Å². The van der Waals surface area contributed by atoms with E-state index in [-0.39, 0.29) is 5.63 Å². The van der Waals surface area contributed by atoms with Crippen molar-refractivity contribution in [3.05, 3.63) is 39.2 Å². The van der Waals surface area contributed by atoms with E-state index >= 15 is 0 Å². The number of nitrogens with one attached hydrogen (secondary N) is 1. The van der Waals surface area contributed by atoms with Gasteiger partial charge in [0.15, 0.2) is 0 Å². The maximum absolute atomic E-state index is 11.7. The summed E-state index contributed by atoms with van der Waals surface area (Å²) in [6, 6.07) is 7.49. The van der Waals surface area contributed by atoms with E-state index in [1.807, 2.05) is 18.2 Å². The summed E-state index contributed by atoms with van der Waals surface area (Å²) in [5, 5.41) is 4.03. The fourth-order valence-electron chi connectivity index (χ4n) is 1.61. The van der Waals surface area contributed by atoms with Gasteiger partial charge in [-0.3, -0.25) is 0 Å². The monoisotopic (exact) mass is 295 g/mol. The first kappa shape index (κ1) is 12.2. The van der Waals surface area contributed by atoms with Gasteiger partial charge in [-0.1, -0.05) is 35.3 Å². The van der Waals surface area contributed by atoms with Gasteiger partial charge in [0.1, 0.15) is 11.3 Å². The minimum Gasteiger partial charge on any atom is -0.421 e. The van der Waals surface area contributed by atoms with Crippen LogP contribution < -0.4 is 10.9 Å². The molecule has 1 aromatic heterocycles. The Balaban J connectivity index is 2.35. The van der Waals surface area contributed by atoms with Crippen LogP contribution in [0.15, 0.2) is 37.9 Å². The van der Waals surface area contributed by atoms with E-state index in [1.165, 1.54) is 0 Å². The van der Waals surface area contributed by atoms with Crippen molar-refractivity contribution < 1.29 is 4.42 Å². The van der Waals surface area contributed by atoms with Crippen molar-refractivity contribution in [1.82, 2.24) is 0 Å². The van der Waals surface area contributed by atoms with E-state index in [2.05, 4.69) is 28.2 Å². The van der Waals surface area contributed by atoms with Crippen LogP contribution in [0.2, 0.25) is 0 Å². The molecule has 1 aromatic carbocycles. The van der Waals surface area contributed by atoms with Crippen molar-refractivity contribution in [2.24, 2.45) is 0 Å². The molecule has 0 aliphatic carbocycles. The Morgan fingerprint density at radius 1 is 1.35 bits per heavy atom. The number of fused-ring (bicyclic) bond motifs is 1. The molecule has 17 heavy (non-hydrogen) atoms. The highest BCUT2D eigenvalue weighted by atomic mass is 79.9. The second-order valence-corrected chi connectivity index (χ2v) is 4.83. The van der Waals surface area contributed by atoms with Gasteiger partial charge in [0.05, 0.1) is 0 Å².